The van der Waals surface area contributed by atoms with E-state index in [9.17, 15) is 29.4 Å². The summed E-state index contributed by atoms with van der Waals surface area (Å²) < 4.78 is 0. The quantitative estimate of drug-likeness (QED) is 0.336. The maximum atomic E-state index is 12.4. The van der Waals surface area contributed by atoms with Crippen LogP contribution in [0, 0.1) is 17.8 Å². The molecule has 0 saturated carbocycles. The average Bonchev–Trinajstić information content (AvgIpc) is 3.26. The van der Waals surface area contributed by atoms with Gasteiger partial charge < -0.3 is 20.4 Å². The van der Waals surface area contributed by atoms with Gasteiger partial charge in [0.2, 0.25) is 17.7 Å². The van der Waals surface area contributed by atoms with Crippen molar-refractivity contribution in [1.29, 1.82) is 0 Å². The van der Waals surface area contributed by atoms with Gasteiger partial charge in [-0.25, -0.2) is 4.79 Å². The van der Waals surface area contributed by atoms with Crippen molar-refractivity contribution in [2.45, 2.75) is 56.5 Å². The summed E-state index contributed by atoms with van der Waals surface area (Å²) in [4.78, 5) is 49.5. The molecule has 0 spiro atoms. The molecule has 4 heterocycles. The molecule has 158 valence electrons. The molecule has 3 amide bonds. The SMILES string of the molecule is C[C@@H](O)[C@H]1C(=O)N2C(C(=O)O)=C(S[C@@H]3CN[C@H](CC4CC(=O)NC4=O)C3)[C@H](C)[C@H]12. The lowest BCUT2D eigenvalue weighted by molar-refractivity contribution is -0.163. The summed E-state index contributed by atoms with van der Waals surface area (Å²) in [5, 5.41) is 25.5. The Morgan fingerprint density at radius 2 is 2.07 bits per heavy atom. The highest BCUT2D eigenvalue weighted by Crippen LogP contribution is 2.51. The zero-order valence-corrected chi connectivity index (χ0v) is 17.1. The molecule has 7 atom stereocenters. The first kappa shape index (κ1) is 20.4. The van der Waals surface area contributed by atoms with Crippen LogP contribution >= 0.6 is 11.8 Å². The highest BCUT2D eigenvalue weighted by atomic mass is 32.2. The van der Waals surface area contributed by atoms with E-state index in [4.69, 9.17) is 0 Å². The monoisotopic (exact) mass is 423 g/mol. The van der Waals surface area contributed by atoms with Gasteiger partial charge in [0.15, 0.2) is 0 Å². The van der Waals surface area contributed by atoms with Gasteiger partial charge in [0.1, 0.15) is 5.70 Å². The van der Waals surface area contributed by atoms with Crippen molar-refractivity contribution < 1.29 is 29.4 Å². The topological polar surface area (TPSA) is 136 Å². The van der Waals surface area contributed by atoms with E-state index in [1.165, 1.54) is 16.7 Å². The van der Waals surface area contributed by atoms with Gasteiger partial charge in [0, 0.05) is 41.0 Å². The van der Waals surface area contributed by atoms with Gasteiger partial charge in [0.25, 0.3) is 0 Å². The summed E-state index contributed by atoms with van der Waals surface area (Å²) in [6, 6.07) is -0.224. The Labute approximate surface area is 172 Å². The summed E-state index contributed by atoms with van der Waals surface area (Å²) in [6.45, 7) is 4.14. The van der Waals surface area contributed by atoms with Crippen LogP contribution in [-0.2, 0) is 19.2 Å². The number of nitrogens with one attached hydrogen (secondary N) is 2. The minimum atomic E-state index is -1.12. The van der Waals surface area contributed by atoms with Crippen LogP contribution in [0.25, 0.3) is 0 Å². The lowest BCUT2D eigenvalue weighted by Crippen LogP contribution is -2.63. The molecular formula is C19H25N3O6S. The van der Waals surface area contributed by atoms with E-state index in [0.29, 0.717) is 17.9 Å². The summed E-state index contributed by atoms with van der Waals surface area (Å²) in [5.74, 6) is -2.94. The number of β-lactam (4-membered cyclic amide) rings is 1. The number of rotatable bonds is 6. The second-order valence-electron chi connectivity index (χ2n) is 8.40. The van der Waals surface area contributed by atoms with E-state index >= 15 is 0 Å². The highest BCUT2D eigenvalue weighted by Gasteiger charge is 2.60. The number of aliphatic hydroxyl groups is 1. The van der Waals surface area contributed by atoms with E-state index in [-0.39, 0.29) is 59.0 Å². The molecule has 0 aromatic rings. The van der Waals surface area contributed by atoms with Crippen molar-refractivity contribution in [3.8, 4) is 0 Å². The van der Waals surface area contributed by atoms with Crippen molar-refractivity contribution >= 4 is 35.5 Å². The number of imide groups is 1. The fourth-order valence-corrected chi connectivity index (χ4v) is 6.57. The van der Waals surface area contributed by atoms with Crippen LogP contribution in [0.2, 0.25) is 0 Å². The first-order valence-electron chi connectivity index (χ1n) is 9.91. The molecule has 4 aliphatic heterocycles. The van der Waals surface area contributed by atoms with Crippen LogP contribution in [0.4, 0.5) is 0 Å². The molecule has 4 rings (SSSR count). The molecule has 3 saturated heterocycles. The molecule has 4 aliphatic rings. The second kappa shape index (κ2) is 7.41. The molecule has 0 radical (unpaired) electrons. The maximum Gasteiger partial charge on any atom is 0.353 e. The van der Waals surface area contributed by atoms with Gasteiger partial charge in [0.05, 0.1) is 18.1 Å². The first-order chi connectivity index (χ1) is 13.7. The predicted octanol–water partition coefficient (Wildman–Crippen LogP) is -0.343. The predicted molar refractivity (Wildman–Crippen MR) is 103 cm³/mol. The third kappa shape index (κ3) is 3.36. The van der Waals surface area contributed by atoms with Crippen molar-refractivity contribution in [1.82, 2.24) is 15.5 Å². The van der Waals surface area contributed by atoms with Crippen molar-refractivity contribution in [2.75, 3.05) is 6.54 Å². The number of carbonyl (C=O) groups is 4. The molecule has 3 fully saturated rings. The lowest BCUT2D eigenvalue weighted by atomic mass is 9.79. The largest absolute Gasteiger partial charge is 0.477 e. The Hall–Kier alpha value is -1.91. The number of carbonyl (C=O) groups excluding carboxylic acids is 3. The Balaban J connectivity index is 1.44. The third-order valence-electron chi connectivity index (χ3n) is 6.42. The molecule has 0 aromatic heterocycles. The van der Waals surface area contributed by atoms with Gasteiger partial charge >= 0.3 is 5.97 Å². The number of fused-ring (bicyclic) bond motifs is 1. The molecule has 1 unspecified atom stereocenters. The number of carboxylic acid groups (broad SMARTS) is 1. The number of nitrogens with zero attached hydrogens (tertiary/aromatic N) is 1. The second-order valence-corrected chi connectivity index (χ2v) is 9.74. The van der Waals surface area contributed by atoms with E-state index < -0.39 is 18.0 Å². The Kier molecular flexibility index (Phi) is 5.20. The molecule has 0 aliphatic carbocycles. The van der Waals surface area contributed by atoms with Crippen LogP contribution < -0.4 is 10.6 Å². The molecule has 4 N–H and O–H groups in total. The Morgan fingerprint density at radius 1 is 1.34 bits per heavy atom. The molecule has 9 nitrogen and oxygen atoms in total. The van der Waals surface area contributed by atoms with E-state index in [0.717, 1.165) is 6.42 Å². The fraction of sp³-hybridized carbons (Fsp3) is 0.684. The summed E-state index contributed by atoms with van der Waals surface area (Å²) >= 11 is 1.48. The summed E-state index contributed by atoms with van der Waals surface area (Å²) in [5.41, 5.74) is 0.0404. The average molecular weight is 423 g/mol. The molecule has 0 bridgehead atoms. The standard InChI is InChI=1S/C19H25N3O6S/c1-7-14-13(8(2)23)18(26)22(14)15(19(27)28)16(7)29-11-5-10(20-6-11)3-9-4-12(24)21-17(9)25/h7-11,13-14,20,23H,3-6H2,1-2H3,(H,27,28)(H,21,24,25)/t7-,8-,9?,10-,11+,13-,14-/m1/s1. The zero-order valence-electron chi connectivity index (χ0n) is 16.3. The molecule has 29 heavy (non-hydrogen) atoms. The van der Waals surface area contributed by atoms with Gasteiger partial charge in [-0.15, -0.1) is 11.8 Å². The van der Waals surface area contributed by atoms with Crippen molar-refractivity contribution in [2.24, 2.45) is 17.8 Å². The number of aliphatic hydroxyl groups excluding tert-OH is 1. The molecular weight excluding hydrogens is 398 g/mol. The van der Waals surface area contributed by atoms with Gasteiger partial charge in [-0.05, 0) is 19.8 Å². The van der Waals surface area contributed by atoms with E-state index in [1.807, 2.05) is 6.92 Å². The van der Waals surface area contributed by atoms with Crippen molar-refractivity contribution in [3.05, 3.63) is 10.6 Å². The van der Waals surface area contributed by atoms with Gasteiger partial charge in [-0.3, -0.25) is 19.7 Å². The maximum absolute atomic E-state index is 12.4. The number of aliphatic carboxylic acids is 1. The van der Waals surface area contributed by atoms with Crippen molar-refractivity contribution in [3.63, 3.8) is 0 Å². The van der Waals surface area contributed by atoms with Crippen LogP contribution in [0.3, 0.4) is 0 Å². The summed E-state index contributed by atoms with van der Waals surface area (Å²) in [6.07, 6.45) is 0.735. The van der Waals surface area contributed by atoms with Crippen LogP contribution in [0.15, 0.2) is 10.6 Å². The summed E-state index contributed by atoms with van der Waals surface area (Å²) in [7, 11) is 0. The highest BCUT2D eigenvalue weighted by molar-refractivity contribution is 8.03. The van der Waals surface area contributed by atoms with E-state index in [2.05, 4.69) is 10.6 Å². The smallest absolute Gasteiger partial charge is 0.353 e. The van der Waals surface area contributed by atoms with Crippen LogP contribution in [0.1, 0.15) is 33.1 Å². The number of amides is 3. The number of hydrogen-bond donors (Lipinski definition) is 4. The number of hydrogen-bond acceptors (Lipinski definition) is 7. The number of carboxylic acids is 1. The normalized spacial score (nSPS) is 37.6. The minimum absolute atomic E-state index is 0.0404. The fourth-order valence-electron chi connectivity index (χ4n) is 5.05. The number of thioether (sulfide) groups is 1. The van der Waals surface area contributed by atoms with Crippen LogP contribution in [-0.4, -0.2) is 68.8 Å². The zero-order chi connectivity index (χ0) is 21.0. The first-order valence-corrected chi connectivity index (χ1v) is 10.8. The Bertz CT molecular complexity index is 812. The lowest BCUT2D eigenvalue weighted by Gasteiger charge is -2.46. The van der Waals surface area contributed by atoms with Gasteiger partial charge in [-0.2, -0.15) is 0 Å². The Morgan fingerprint density at radius 3 is 2.66 bits per heavy atom. The third-order valence-corrected chi connectivity index (χ3v) is 7.93. The van der Waals surface area contributed by atoms with E-state index in [1.54, 1.807) is 6.92 Å². The minimum Gasteiger partial charge on any atom is -0.477 e. The van der Waals surface area contributed by atoms with Crippen LogP contribution in [0.5, 0.6) is 0 Å². The molecule has 10 heteroatoms. The molecule has 0 aromatic carbocycles. The van der Waals surface area contributed by atoms with Gasteiger partial charge in [-0.1, -0.05) is 6.92 Å².